The van der Waals surface area contributed by atoms with Crippen LogP contribution < -0.4 is 10.4 Å². The van der Waals surface area contributed by atoms with E-state index in [0.717, 1.165) is 13.0 Å². The lowest BCUT2D eigenvalue weighted by molar-refractivity contribution is -0.0589. The summed E-state index contributed by atoms with van der Waals surface area (Å²) < 4.78 is 0. The third kappa shape index (κ3) is 5.56. The van der Waals surface area contributed by atoms with Gasteiger partial charge in [0.1, 0.15) is 0 Å². The summed E-state index contributed by atoms with van der Waals surface area (Å²) in [7, 11) is 0. The topological polar surface area (TPSA) is 41.6 Å². The zero-order valence-electron chi connectivity index (χ0n) is 20.3. The monoisotopic (exact) mass is 444 g/mol. The summed E-state index contributed by atoms with van der Waals surface area (Å²) in [5.41, 5.74) is 5.43. The molecule has 0 spiro atoms. The normalized spacial score (nSPS) is 18.8. The Kier molecular flexibility index (Phi) is 7.04. The predicted molar refractivity (Wildman–Crippen MR) is 137 cm³/mol. The van der Waals surface area contributed by atoms with Crippen molar-refractivity contribution in [3.63, 3.8) is 0 Å². The molecule has 0 bridgehead atoms. The van der Waals surface area contributed by atoms with Crippen LogP contribution in [0.4, 0.5) is 5.69 Å². The van der Waals surface area contributed by atoms with Crippen molar-refractivity contribution in [3.05, 3.63) is 77.9 Å². The van der Waals surface area contributed by atoms with E-state index in [4.69, 9.17) is 4.84 Å². The van der Waals surface area contributed by atoms with Crippen molar-refractivity contribution in [1.82, 2.24) is 5.48 Å². The predicted octanol–water partition coefficient (Wildman–Crippen LogP) is 6.85. The van der Waals surface area contributed by atoms with Gasteiger partial charge < -0.3 is 4.90 Å². The summed E-state index contributed by atoms with van der Waals surface area (Å²) in [6.45, 7) is 8.99. The molecule has 174 valence electrons. The average Bonchev–Trinajstić information content (AvgIpc) is 2.83. The molecule has 1 aliphatic rings. The second-order valence-corrected chi connectivity index (χ2v) is 10.1. The van der Waals surface area contributed by atoms with Gasteiger partial charge in [-0.25, -0.2) is 5.48 Å². The van der Waals surface area contributed by atoms with Crippen LogP contribution in [0.5, 0.6) is 0 Å². The highest BCUT2D eigenvalue weighted by Gasteiger charge is 2.28. The highest BCUT2D eigenvalue weighted by Crippen LogP contribution is 2.38. The fourth-order valence-electron chi connectivity index (χ4n) is 5.00. The molecule has 4 rings (SSSR count). The number of anilines is 1. The van der Waals surface area contributed by atoms with Gasteiger partial charge in [0.2, 0.25) is 0 Å². The van der Waals surface area contributed by atoms with E-state index in [1.807, 2.05) is 32.9 Å². The van der Waals surface area contributed by atoms with Crippen molar-refractivity contribution in [3.8, 4) is 0 Å². The number of nitrogens with zero attached hydrogens (tertiary/aromatic N) is 1. The van der Waals surface area contributed by atoms with Crippen molar-refractivity contribution in [1.29, 1.82) is 0 Å². The molecular formula is C29H36N2O2. The third-order valence-electron chi connectivity index (χ3n) is 6.60. The molecule has 4 heteroatoms. The molecule has 1 saturated carbocycles. The van der Waals surface area contributed by atoms with Gasteiger partial charge in [-0.3, -0.25) is 9.63 Å². The van der Waals surface area contributed by atoms with Gasteiger partial charge >= 0.3 is 0 Å². The minimum absolute atomic E-state index is 0.203. The van der Waals surface area contributed by atoms with Gasteiger partial charge in [0, 0.05) is 29.2 Å². The molecule has 33 heavy (non-hydrogen) atoms. The van der Waals surface area contributed by atoms with Crippen LogP contribution in [0.15, 0.2) is 66.7 Å². The first-order valence-corrected chi connectivity index (χ1v) is 12.2. The van der Waals surface area contributed by atoms with E-state index < -0.39 is 5.60 Å². The molecule has 4 nitrogen and oxygen atoms in total. The lowest BCUT2D eigenvalue weighted by Gasteiger charge is -2.39. The molecule has 1 fully saturated rings. The standard InChI is InChI=1S/C29H36N2O2/c1-5-31(27-15-9-11-22-10-6-7-14-26(22)27)25-13-8-12-24(20-25)21-16-18-23(19-17-21)28(32)30-33-29(2,3)4/h6-7,9-11,14-19,24-25H,5,8,12-13,20H2,1-4H3,(H,30,32). The molecule has 1 N–H and O–H groups in total. The van der Waals surface area contributed by atoms with Gasteiger partial charge in [0.25, 0.3) is 5.91 Å². The van der Waals surface area contributed by atoms with E-state index in [9.17, 15) is 4.79 Å². The first kappa shape index (κ1) is 23.3. The highest BCUT2D eigenvalue weighted by atomic mass is 16.7. The van der Waals surface area contributed by atoms with Crippen LogP contribution in [0, 0.1) is 0 Å². The summed E-state index contributed by atoms with van der Waals surface area (Å²) >= 11 is 0. The maximum Gasteiger partial charge on any atom is 0.274 e. The minimum atomic E-state index is -0.415. The first-order valence-electron chi connectivity index (χ1n) is 12.2. The third-order valence-corrected chi connectivity index (χ3v) is 6.60. The number of amides is 1. The lowest BCUT2D eigenvalue weighted by atomic mass is 9.80. The zero-order valence-corrected chi connectivity index (χ0v) is 20.3. The van der Waals surface area contributed by atoms with Gasteiger partial charge in [-0.15, -0.1) is 0 Å². The molecule has 3 aromatic carbocycles. The Morgan fingerprint density at radius 3 is 2.45 bits per heavy atom. The molecule has 0 saturated heterocycles. The molecule has 2 unspecified atom stereocenters. The number of rotatable bonds is 6. The molecule has 1 aliphatic carbocycles. The van der Waals surface area contributed by atoms with Crippen LogP contribution in [0.1, 0.15) is 75.2 Å². The molecule has 2 atom stereocenters. The van der Waals surface area contributed by atoms with Crippen molar-refractivity contribution in [2.45, 2.75) is 70.9 Å². The van der Waals surface area contributed by atoms with Crippen LogP contribution in [0.25, 0.3) is 10.8 Å². The van der Waals surface area contributed by atoms with Gasteiger partial charge in [-0.05, 0) is 82.0 Å². The second kappa shape index (κ2) is 9.96. The van der Waals surface area contributed by atoms with E-state index in [1.54, 1.807) is 0 Å². The smallest absolute Gasteiger partial charge is 0.274 e. The number of hydroxylamine groups is 1. The fourth-order valence-corrected chi connectivity index (χ4v) is 5.00. The number of fused-ring (bicyclic) bond motifs is 1. The maximum atomic E-state index is 12.4. The van der Waals surface area contributed by atoms with Gasteiger partial charge in [0.15, 0.2) is 0 Å². The Labute approximate surface area is 197 Å². The Morgan fingerprint density at radius 1 is 1.00 bits per heavy atom. The number of nitrogens with one attached hydrogen (secondary N) is 1. The summed E-state index contributed by atoms with van der Waals surface area (Å²) in [4.78, 5) is 20.4. The summed E-state index contributed by atoms with van der Waals surface area (Å²) in [6, 6.07) is 23.9. The molecule has 3 aromatic rings. The van der Waals surface area contributed by atoms with E-state index >= 15 is 0 Å². The highest BCUT2D eigenvalue weighted by molar-refractivity contribution is 5.94. The Hall–Kier alpha value is -2.85. The SMILES string of the molecule is CCN(c1cccc2ccccc12)C1CCCC(c2ccc(C(=O)NOC(C)(C)C)cc2)C1. The van der Waals surface area contributed by atoms with E-state index in [0.29, 0.717) is 17.5 Å². The van der Waals surface area contributed by atoms with Gasteiger partial charge in [-0.1, -0.05) is 55.0 Å². The molecule has 0 heterocycles. The summed E-state index contributed by atoms with van der Waals surface area (Å²) in [6.07, 6.45) is 4.77. The number of hydrogen-bond acceptors (Lipinski definition) is 3. The Balaban J connectivity index is 1.48. The summed E-state index contributed by atoms with van der Waals surface area (Å²) in [5.74, 6) is 0.307. The van der Waals surface area contributed by atoms with Crippen molar-refractivity contribution in [2.24, 2.45) is 0 Å². The molecule has 0 aliphatic heterocycles. The lowest BCUT2D eigenvalue weighted by Crippen LogP contribution is -2.38. The zero-order chi connectivity index (χ0) is 23.4. The van der Waals surface area contributed by atoms with Crippen LogP contribution in [0.2, 0.25) is 0 Å². The Bertz CT molecular complexity index is 1080. The number of carbonyl (C=O) groups is 1. The van der Waals surface area contributed by atoms with Crippen LogP contribution in [-0.2, 0) is 4.84 Å². The largest absolute Gasteiger partial charge is 0.368 e. The molecule has 0 radical (unpaired) electrons. The summed E-state index contributed by atoms with van der Waals surface area (Å²) in [5, 5.41) is 2.63. The van der Waals surface area contributed by atoms with Crippen LogP contribution in [0.3, 0.4) is 0 Å². The molecule has 0 aromatic heterocycles. The van der Waals surface area contributed by atoms with Crippen molar-refractivity contribution in [2.75, 3.05) is 11.4 Å². The van der Waals surface area contributed by atoms with Crippen LogP contribution >= 0.6 is 0 Å². The molecule has 1 amide bonds. The van der Waals surface area contributed by atoms with E-state index in [-0.39, 0.29) is 5.91 Å². The van der Waals surface area contributed by atoms with E-state index in [1.165, 1.54) is 41.3 Å². The maximum absolute atomic E-state index is 12.4. The number of carbonyl (C=O) groups excluding carboxylic acids is 1. The van der Waals surface area contributed by atoms with Crippen LogP contribution in [-0.4, -0.2) is 24.1 Å². The van der Waals surface area contributed by atoms with Gasteiger partial charge in [-0.2, -0.15) is 0 Å². The number of benzene rings is 3. The average molecular weight is 445 g/mol. The van der Waals surface area contributed by atoms with Crippen molar-refractivity contribution < 1.29 is 9.63 Å². The fraction of sp³-hybridized carbons (Fsp3) is 0.414. The van der Waals surface area contributed by atoms with E-state index in [2.05, 4.69) is 71.9 Å². The Morgan fingerprint density at radius 2 is 1.73 bits per heavy atom. The van der Waals surface area contributed by atoms with Crippen molar-refractivity contribution >= 4 is 22.4 Å². The first-order chi connectivity index (χ1) is 15.9. The van der Waals surface area contributed by atoms with Gasteiger partial charge in [0.05, 0.1) is 5.60 Å². The second-order valence-electron chi connectivity index (χ2n) is 10.1. The molecular weight excluding hydrogens is 408 g/mol. The quantitative estimate of drug-likeness (QED) is 0.423. The number of hydrogen-bond donors (Lipinski definition) is 1. The minimum Gasteiger partial charge on any atom is -0.368 e.